The fraction of sp³-hybridized carbons (Fsp3) is 0.385. The Kier molecular flexibility index (Phi) is 6.01. The van der Waals surface area contributed by atoms with Gasteiger partial charge >= 0.3 is 0 Å². The summed E-state index contributed by atoms with van der Waals surface area (Å²) in [5.41, 5.74) is 1.31. The van der Waals surface area contributed by atoms with Crippen LogP contribution in [0.1, 0.15) is 6.42 Å². The number of rotatable bonds is 4. The summed E-state index contributed by atoms with van der Waals surface area (Å²) < 4.78 is 5.20. The lowest BCUT2D eigenvalue weighted by Gasteiger charge is -2.17. The third-order valence-electron chi connectivity index (χ3n) is 2.78. The van der Waals surface area contributed by atoms with Crippen molar-refractivity contribution < 1.29 is 4.74 Å². The first-order valence-electron chi connectivity index (χ1n) is 6.26. The fourth-order valence-corrected chi connectivity index (χ4v) is 3.04. The van der Waals surface area contributed by atoms with Crippen molar-refractivity contribution in [3.8, 4) is 5.75 Å². The molecule has 20 heavy (non-hydrogen) atoms. The second kappa shape index (κ2) is 8.01. The van der Waals surface area contributed by atoms with Crippen LogP contribution in [0.4, 0.5) is 5.69 Å². The summed E-state index contributed by atoms with van der Waals surface area (Å²) in [6.07, 6.45) is 4.20. The topological polar surface area (TPSA) is 54.0 Å². The van der Waals surface area contributed by atoms with Gasteiger partial charge in [0.25, 0.3) is 0 Å². The minimum Gasteiger partial charge on any atom is -0.497 e. The molecule has 5 nitrogen and oxygen atoms in total. The summed E-state index contributed by atoms with van der Waals surface area (Å²) in [7, 11) is 1.70. The summed E-state index contributed by atoms with van der Waals surface area (Å²) >= 11 is 7.56. The van der Waals surface area contributed by atoms with Crippen molar-refractivity contribution >= 4 is 29.1 Å². The molecule has 0 saturated heterocycles. The first-order chi connectivity index (χ1) is 9.85. The van der Waals surface area contributed by atoms with Gasteiger partial charge in [-0.3, -0.25) is 0 Å². The van der Waals surface area contributed by atoms with Gasteiger partial charge in [0.15, 0.2) is 0 Å². The minimum absolute atomic E-state index is 0.729. The molecule has 0 fully saturated rings. The molecular weight excluding hydrogens is 296 g/mol. The summed E-state index contributed by atoms with van der Waals surface area (Å²) in [4.78, 5) is 3.67. The number of hydrogen-bond donors (Lipinski definition) is 1. The van der Waals surface area contributed by atoms with Crippen LogP contribution in [0.5, 0.6) is 5.75 Å². The van der Waals surface area contributed by atoms with Crippen molar-refractivity contribution in [3.05, 3.63) is 30.6 Å². The Hall–Kier alpha value is -1.40. The lowest BCUT2D eigenvalue weighted by atomic mass is 10.2. The molecule has 0 spiro atoms. The van der Waals surface area contributed by atoms with Crippen molar-refractivity contribution in [3.63, 3.8) is 0 Å². The van der Waals surface area contributed by atoms with Gasteiger partial charge in [0.2, 0.25) is 0 Å². The number of thioether (sulfide) groups is 1. The quantitative estimate of drug-likeness (QED) is 0.880. The maximum atomic E-state index is 5.70. The van der Waals surface area contributed by atoms with Crippen LogP contribution in [-0.2, 0) is 0 Å². The molecule has 1 aliphatic heterocycles. The summed E-state index contributed by atoms with van der Waals surface area (Å²) in [6, 6.07) is 6.24. The number of nitrogens with one attached hydrogen (secondary N) is 1. The van der Waals surface area contributed by atoms with Crippen LogP contribution in [0.3, 0.4) is 0 Å². The molecule has 0 saturated carbocycles. The maximum absolute atomic E-state index is 5.70. The highest BCUT2D eigenvalue weighted by molar-refractivity contribution is 7.99. The van der Waals surface area contributed by atoms with Crippen LogP contribution in [0.15, 0.2) is 35.5 Å². The van der Waals surface area contributed by atoms with E-state index in [2.05, 4.69) is 32.4 Å². The number of halogens is 1. The van der Waals surface area contributed by atoms with Crippen LogP contribution < -0.4 is 9.64 Å². The molecule has 0 aliphatic carbocycles. The zero-order chi connectivity index (χ0) is 14.2. The van der Waals surface area contributed by atoms with Crippen molar-refractivity contribution in [1.29, 1.82) is 0 Å². The molecule has 0 radical (unpaired) electrons. The number of H-pyrrole nitrogens is 1. The van der Waals surface area contributed by atoms with Gasteiger partial charge < -0.3 is 9.64 Å². The molecular formula is C13H17ClN4OS. The van der Waals surface area contributed by atoms with Crippen LogP contribution in [0.2, 0.25) is 0 Å². The molecule has 0 atom stereocenters. The van der Waals surface area contributed by atoms with Crippen LogP contribution >= 0.6 is 23.4 Å². The number of anilines is 1. The maximum Gasteiger partial charge on any atom is 0.120 e. The van der Waals surface area contributed by atoms with Crippen LogP contribution in [0, 0.1) is 0 Å². The van der Waals surface area contributed by atoms with Crippen LogP contribution in [0.25, 0.3) is 0 Å². The van der Waals surface area contributed by atoms with Gasteiger partial charge in [0.1, 0.15) is 5.75 Å². The van der Waals surface area contributed by atoms with Crippen LogP contribution in [-0.4, -0.2) is 40.8 Å². The number of aromatic amines is 1. The standard InChI is InChI=1S/C11H14ClNOS.C2H3N3/c1-14-9-3-4-10-11(7-9)15-8-13(10)6-2-5-12;1-2-4-5-3-1/h3-4,7H,2,5-6,8H2,1H3;1-2H,(H,3,4,5). The monoisotopic (exact) mass is 312 g/mol. The van der Waals surface area contributed by atoms with E-state index in [0.717, 1.165) is 30.5 Å². The van der Waals surface area contributed by atoms with E-state index in [1.54, 1.807) is 19.5 Å². The van der Waals surface area contributed by atoms with E-state index in [0.29, 0.717) is 0 Å². The second-order valence-corrected chi connectivity index (χ2v) is 5.43. The Labute approximate surface area is 127 Å². The average Bonchev–Trinajstić information content (AvgIpc) is 3.17. The Balaban J connectivity index is 0.000000247. The third kappa shape index (κ3) is 4.05. The molecule has 2 aromatic rings. The SMILES string of the molecule is COc1ccc2c(c1)SCN2CCCCl.c1cn[nH]n1. The molecule has 1 aliphatic rings. The summed E-state index contributed by atoms with van der Waals surface area (Å²) in [6.45, 7) is 1.04. The highest BCUT2D eigenvalue weighted by atomic mass is 35.5. The van der Waals surface area contributed by atoms with E-state index in [1.165, 1.54) is 10.6 Å². The number of alkyl halides is 1. The number of nitrogens with zero attached hydrogens (tertiary/aromatic N) is 3. The highest BCUT2D eigenvalue weighted by Gasteiger charge is 2.19. The number of benzene rings is 1. The number of hydrogen-bond acceptors (Lipinski definition) is 5. The lowest BCUT2D eigenvalue weighted by Crippen LogP contribution is -2.20. The van der Waals surface area contributed by atoms with E-state index in [-0.39, 0.29) is 0 Å². The molecule has 1 aromatic heterocycles. The molecule has 108 valence electrons. The van der Waals surface area contributed by atoms with Gasteiger partial charge in [-0.15, -0.1) is 23.4 Å². The van der Waals surface area contributed by atoms with Crippen molar-refractivity contribution in [2.24, 2.45) is 0 Å². The molecule has 3 rings (SSSR count). The van der Waals surface area contributed by atoms with Gasteiger partial charge in [-0.1, -0.05) is 0 Å². The van der Waals surface area contributed by atoms with E-state index in [1.807, 2.05) is 17.8 Å². The van der Waals surface area contributed by atoms with Gasteiger partial charge in [0, 0.05) is 17.3 Å². The normalized spacial score (nSPS) is 12.6. The first-order valence-corrected chi connectivity index (χ1v) is 7.78. The number of methoxy groups -OCH3 is 1. The van der Waals surface area contributed by atoms with Gasteiger partial charge in [0.05, 0.1) is 31.1 Å². The second-order valence-electron chi connectivity index (χ2n) is 4.07. The Morgan fingerprint density at radius 1 is 1.40 bits per heavy atom. The molecule has 0 bridgehead atoms. The van der Waals surface area contributed by atoms with E-state index in [9.17, 15) is 0 Å². The van der Waals surface area contributed by atoms with E-state index < -0.39 is 0 Å². The smallest absolute Gasteiger partial charge is 0.120 e. The van der Waals surface area contributed by atoms with Gasteiger partial charge in [-0.05, 0) is 24.6 Å². The number of fused-ring (bicyclic) bond motifs is 1. The number of aromatic nitrogens is 3. The molecule has 0 unspecified atom stereocenters. The zero-order valence-electron chi connectivity index (χ0n) is 11.3. The first kappa shape index (κ1) is 15.0. The summed E-state index contributed by atoms with van der Waals surface area (Å²) in [5, 5.41) is 9.33. The van der Waals surface area contributed by atoms with Crippen molar-refractivity contribution in [2.75, 3.05) is 30.3 Å². The van der Waals surface area contributed by atoms with E-state index >= 15 is 0 Å². The summed E-state index contributed by atoms with van der Waals surface area (Å²) in [5.74, 6) is 2.69. The molecule has 2 heterocycles. The molecule has 7 heteroatoms. The predicted molar refractivity (Wildman–Crippen MR) is 82.8 cm³/mol. The Morgan fingerprint density at radius 3 is 2.80 bits per heavy atom. The average molecular weight is 313 g/mol. The molecule has 0 amide bonds. The van der Waals surface area contributed by atoms with Gasteiger partial charge in [-0.25, -0.2) is 0 Å². The fourth-order valence-electron chi connectivity index (χ4n) is 1.82. The Morgan fingerprint density at radius 2 is 2.20 bits per heavy atom. The minimum atomic E-state index is 0.729. The largest absolute Gasteiger partial charge is 0.497 e. The van der Waals surface area contributed by atoms with E-state index in [4.69, 9.17) is 16.3 Å². The predicted octanol–water partition coefficient (Wildman–Crippen LogP) is 3.00. The van der Waals surface area contributed by atoms with Gasteiger partial charge in [-0.2, -0.15) is 15.4 Å². The molecule has 1 aromatic carbocycles. The highest BCUT2D eigenvalue weighted by Crippen LogP contribution is 2.40. The third-order valence-corrected chi connectivity index (χ3v) is 4.12. The zero-order valence-corrected chi connectivity index (χ0v) is 12.8. The van der Waals surface area contributed by atoms with Crippen molar-refractivity contribution in [2.45, 2.75) is 11.3 Å². The lowest BCUT2D eigenvalue weighted by molar-refractivity contribution is 0.414. The Bertz CT molecular complexity index is 492. The van der Waals surface area contributed by atoms with Crippen molar-refractivity contribution in [1.82, 2.24) is 15.4 Å². The molecule has 1 N–H and O–H groups in total. The number of ether oxygens (including phenoxy) is 1.